The Hall–Kier alpha value is -3.40. The van der Waals surface area contributed by atoms with Crippen molar-refractivity contribution in [1.29, 1.82) is 0 Å². The summed E-state index contributed by atoms with van der Waals surface area (Å²) in [6.45, 7) is -2.97. The summed E-state index contributed by atoms with van der Waals surface area (Å²) in [6, 6.07) is -7.07. The molecule has 4 amide bonds. The molecule has 23 N–H and O–H groups in total. The number of ether oxygens (including phenoxy) is 13. The highest BCUT2D eigenvalue weighted by molar-refractivity contribution is 5.74. The zero-order chi connectivity index (χ0) is 66.5. The third kappa shape index (κ3) is 16.4. The predicted octanol–water partition coefficient (Wildman–Crippen LogP) is -15.7. The summed E-state index contributed by atoms with van der Waals surface area (Å²) in [5.74, 6) is -3.41. The molecule has 0 aromatic rings. The van der Waals surface area contributed by atoms with Gasteiger partial charge in [-0.1, -0.05) is 0 Å². The minimum absolute atomic E-state index is 0.771. The van der Waals surface area contributed by atoms with Crippen LogP contribution in [-0.2, 0) is 80.8 Å². The van der Waals surface area contributed by atoms with Crippen LogP contribution < -0.4 is 21.3 Å². The molecule has 0 aromatic heterocycles. The van der Waals surface area contributed by atoms with E-state index in [0.29, 0.717) is 0 Å². The lowest BCUT2D eigenvalue weighted by Crippen LogP contribution is -2.71. The van der Waals surface area contributed by atoms with E-state index >= 15 is 0 Å². The average molecular weight is 1320 g/mol. The number of aliphatic hydroxyl groups is 19. The van der Waals surface area contributed by atoms with Gasteiger partial charge >= 0.3 is 0 Å². The molecule has 90 heavy (non-hydrogen) atoms. The molecule has 35 atom stereocenters. The minimum Gasteiger partial charge on any atom is -0.394 e. The van der Waals surface area contributed by atoms with Gasteiger partial charge in [0, 0.05) is 27.7 Å². The van der Waals surface area contributed by atoms with Crippen molar-refractivity contribution in [3.8, 4) is 0 Å². The van der Waals surface area contributed by atoms with Crippen molar-refractivity contribution in [1.82, 2.24) is 21.3 Å². The summed E-state index contributed by atoms with van der Waals surface area (Å²) in [5.41, 5.74) is 0. The molecule has 40 nitrogen and oxygen atoms in total. The molecule has 7 rings (SSSR count). The SMILES string of the molecule is CC(=O)N[C@@H]1[C@@H](O[C@@H]2O[C@H](CO)[C@@H](O[C@@H]3O[C@H](CO[C@@H]4O[C@H](CO)[C@@H](O[C@@H]5O[C@H](CO)[C@H](O)[C@H](O)[C@H]5O)[C@H](O)[C@H]4NC(C)=O)[C@H](O)[C@H](O[C@@H]4O[C@H](CO)[C@@H](O[C@@H]5O[C@H](CO)[C@H](O)[C@H](O)[C@H]5O)[C@H](O)[C@H]4NC(C)=O)[C@H]3O)[C@H](O)[C@H]2NC(C)=O)[C@@H](O)[C@@H](CO)O[C@@H]1O. The number of nitrogens with one attached hydrogen (secondary N) is 4. The Kier molecular flexibility index (Phi) is 26.6. The summed E-state index contributed by atoms with van der Waals surface area (Å²) >= 11 is 0. The second-order valence-corrected chi connectivity index (χ2v) is 22.5. The number of carbonyl (C=O) groups is 4. The van der Waals surface area contributed by atoms with Gasteiger partial charge in [0.2, 0.25) is 23.6 Å². The lowest BCUT2D eigenvalue weighted by molar-refractivity contribution is -0.384. The van der Waals surface area contributed by atoms with Crippen molar-refractivity contribution in [2.45, 2.75) is 242 Å². The smallest absolute Gasteiger partial charge is 0.217 e. The Bertz CT molecular complexity index is 2310. The summed E-state index contributed by atoms with van der Waals surface area (Å²) in [6.07, 6.45) is -60.2. The number of carbonyl (C=O) groups excluding carboxylic acids is 4. The Balaban J connectivity index is 1.21. The molecule has 40 heteroatoms. The van der Waals surface area contributed by atoms with Crippen molar-refractivity contribution in [3.63, 3.8) is 0 Å². The van der Waals surface area contributed by atoms with Gasteiger partial charge in [-0.15, -0.1) is 0 Å². The number of aliphatic hydroxyl groups excluding tert-OH is 19. The van der Waals surface area contributed by atoms with E-state index < -0.39 is 285 Å². The molecule has 0 aliphatic carbocycles. The minimum atomic E-state index is -2.39. The highest BCUT2D eigenvalue weighted by Crippen LogP contribution is 2.38. The fraction of sp³-hybridized carbons (Fsp3) is 0.920. The van der Waals surface area contributed by atoms with Crippen molar-refractivity contribution in [2.24, 2.45) is 0 Å². The first-order valence-corrected chi connectivity index (χ1v) is 28.6. The highest BCUT2D eigenvalue weighted by Gasteiger charge is 2.59. The van der Waals surface area contributed by atoms with E-state index in [9.17, 15) is 116 Å². The first-order chi connectivity index (χ1) is 42.5. The van der Waals surface area contributed by atoms with Gasteiger partial charge in [0.05, 0.1) is 46.2 Å². The molecule has 7 fully saturated rings. The second-order valence-electron chi connectivity index (χ2n) is 22.5. The van der Waals surface area contributed by atoms with Crippen molar-refractivity contribution in [3.05, 3.63) is 0 Å². The van der Waals surface area contributed by atoms with E-state index in [4.69, 9.17) is 61.6 Å². The number of hydrogen-bond acceptors (Lipinski definition) is 36. The van der Waals surface area contributed by atoms with Crippen molar-refractivity contribution >= 4 is 23.6 Å². The topological polar surface area (TPSA) is 621 Å². The zero-order valence-electron chi connectivity index (χ0n) is 48.6. The Morgan fingerprint density at radius 1 is 0.289 bits per heavy atom. The summed E-state index contributed by atoms with van der Waals surface area (Å²) in [5, 5.41) is 216. The van der Waals surface area contributed by atoms with E-state index in [0.717, 1.165) is 27.7 Å². The van der Waals surface area contributed by atoms with Crippen molar-refractivity contribution < 1.29 is 178 Å². The maximum atomic E-state index is 12.8. The van der Waals surface area contributed by atoms with Crippen LogP contribution in [0.4, 0.5) is 0 Å². The Morgan fingerprint density at radius 3 is 0.956 bits per heavy atom. The van der Waals surface area contributed by atoms with Crippen LogP contribution in [0.25, 0.3) is 0 Å². The van der Waals surface area contributed by atoms with Crippen molar-refractivity contribution in [2.75, 3.05) is 46.2 Å². The molecular weight excluding hydrogens is 1230 g/mol. The second kappa shape index (κ2) is 32.4. The van der Waals surface area contributed by atoms with Gasteiger partial charge in [-0.05, 0) is 0 Å². The van der Waals surface area contributed by atoms with Crippen LogP contribution in [0.15, 0.2) is 0 Å². The van der Waals surface area contributed by atoms with Gasteiger partial charge in [-0.3, -0.25) is 19.2 Å². The maximum absolute atomic E-state index is 12.8. The van der Waals surface area contributed by atoms with E-state index in [2.05, 4.69) is 21.3 Å². The number of hydrogen-bond donors (Lipinski definition) is 23. The predicted molar refractivity (Wildman–Crippen MR) is 278 cm³/mol. The molecule has 0 saturated carbocycles. The molecule has 0 aromatic carbocycles. The monoisotopic (exact) mass is 1320 g/mol. The quantitative estimate of drug-likeness (QED) is 0.0452. The zero-order valence-corrected chi connectivity index (χ0v) is 48.6. The normalized spacial score (nSPS) is 47.6. The molecule has 0 unspecified atom stereocenters. The van der Waals surface area contributed by atoms with Crippen LogP contribution in [0.1, 0.15) is 27.7 Å². The lowest BCUT2D eigenvalue weighted by atomic mass is 9.93. The average Bonchev–Trinajstić information content (AvgIpc) is 0.818. The molecule has 520 valence electrons. The van der Waals surface area contributed by atoms with Gasteiger partial charge in [0.15, 0.2) is 44.0 Å². The summed E-state index contributed by atoms with van der Waals surface area (Å²) in [4.78, 5) is 50.6. The van der Waals surface area contributed by atoms with Crippen LogP contribution in [0.3, 0.4) is 0 Å². The first-order valence-electron chi connectivity index (χ1n) is 28.6. The van der Waals surface area contributed by atoms with E-state index in [1.54, 1.807) is 0 Å². The fourth-order valence-electron chi connectivity index (χ4n) is 11.5. The standard InChI is InChI=1S/C50H84N4O36/c1-12(61)51-23-31(69)39(86-48-36(74)34(72)27(65)16(5-55)80-48)19(8-58)82-45(23)78-11-22-30(68)43(90-47-25(53-14(3)63)33(71)40(20(9-59)84-47)87-49-37(75)35(73)28(66)17(6-56)81-49)38(76)50(85-22)88-41-21(10-60)83-46(24(32(41)70)52-13(2)62)89-42-26(54-15(4)64)44(77)79-18(7-57)29(42)67/h16-50,55-60,65-77H,5-11H2,1-4H3,(H,51,61)(H,52,62)(H,53,63)(H,54,64)/t16-,17-,18-,19-,20-,21-,22-,23-,24-,25-,26-,27+,28+,29+,30+,31-,32-,33-,34+,35+,36-,37-,38-,39-,40-,41-,42-,43+,44+,45-,46+,47+,48+,49+,50+/m1/s1. The molecule has 7 aliphatic rings. The van der Waals surface area contributed by atoms with Crippen LogP contribution in [0.5, 0.6) is 0 Å². The highest BCUT2D eigenvalue weighted by atomic mass is 16.8. The third-order valence-corrected chi connectivity index (χ3v) is 16.1. The van der Waals surface area contributed by atoms with Gasteiger partial charge in [0.1, 0.15) is 171 Å². The number of amides is 4. The molecule has 7 saturated heterocycles. The van der Waals surface area contributed by atoms with Gasteiger partial charge in [0.25, 0.3) is 0 Å². The lowest BCUT2D eigenvalue weighted by Gasteiger charge is -2.51. The van der Waals surface area contributed by atoms with Crippen LogP contribution in [0.2, 0.25) is 0 Å². The van der Waals surface area contributed by atoms with Gasteiger partial charge < -0.3 is 180 Å². The first kappa shape index (κ1) is 74.0. The molecule has 0 radical (unpaired) electrons. The third-order valence-electron chi connectivity index (χ3n) is 16.1. The van der Waals surface area contributed by atoms with E-state index in [1.165, 1.54) is 0 Å². The van der Waals surface area contributed by atoms with Crippen LogP contribution in [-0.4, -0.2) is 382 Å². The summed E-state index contributed by atoms with van der Waals surface area (Å²) < 4.78 is 75.9. The van der Waals surface area contributed by atoms with E-state index in [-0.39, 0.29) is 0 Å². The molecule has 7 aliphatic heterocycles. The largest absolute Gasteiger partial charge is 0.394 e. The molecule has 7 heterocycles. The van der Waals surface area contributed by atoms with E-state index in [1.807, 2.05) is 0 Å². The van der Waals surface area contributed by atoms with Crippen LogP contribution in [0, 0.1) is 0 Å². The van der Waals surface area contributed by atoms with Gasteiger partial charge in [-0.25, -0.2) is 0 Å². The molecular formula is C50H84N4O36. The van der Waals surface area contributed by atoms with Crippen LogP contribution >= 0.6 is 0 Å². The Labute approximate surface area is 510 Å². The maximum Gasteiger partial charge on any atom is 0.217 e. The molecule has 0 spiro atoms. The number of rotatable bonds is 23. The fourth-order valence-corrected chi connectivity index (χ4v) is 11.5. The Morgan fingerprint density at radius 2 is 0.578 bits per heavy atom. The molecule has 0 bridgehead atoms. The van der Waals surface area contributed by atoms with Gasteiger partial charge in [-0.2, -0.15) is 0 Å². The summed E-state index contributed by atoms with van der Waals surface area (Å²) in [7, 11) is 0.